The van der Waals surface area contributed by atoms with Crippen LogP contribution in [0.2, 0.25) is 0 Å². The monoisotopic (exact) mass is 205 g/mol. The maximum Gasteiger partial charge on any atom is 0.139 e. The van der Waals surface area contributed by atoms with Gasteiger partial charge in [0.2, 0.25) is 0 Å². The van der Waals surface area contributed by atoms with Gasteiger partial charge in [-0.05, 0) is 18.9 Å². The summed E-state index contributed by atoms with van der Waals surface area (Å²) in [5.74, 6) is 0.709. The molecule has 1 atom stereocenters. The summed E-state index contributed by atoms with van der Waals surface area (Å²) in [5, 5.41) is 9.13. The lowest BCUT2D eigenvalue weighted by Gasteiger charge is -2.22. The van der Waals surface area contributed by atoms with Crippen LogP contribution in [0, 0.1) is 0 Å². The molecule has 0 radical (unpaired) electrons. The fourth-order valence-electron chi connectivity index (χ4n) is 1.37. The Hall–Kier alpha value is -0.250. The van der Waals surface area contributed by atoms with E-state index in [4.69, 9.17) is 21.5 Å². The normalized spacial score (nSPS) is 26.3. The summed E-state index contributed by atoms with van der Waals surface area (Å²) >= 11 is 5.56. The first-order chi connectivity index (χ1) is 6.33. The Morgan fingerprint density at radius 2 is 2.23 bits per heavy atom. The van der Waals surface area contributed by atoms with Crippen molar-refractivity contribution in [2.45, 2.75) is 31.3 Å². The molecule has 13 heavy (non-hydrogen) atoms. The van der Waals surface area contributed by atoms with Crippen LogP contribution in [-0.4, -0.2) is 23.2 Å². The summed E-state index contributed by atoms with van der Waals surface area (Å²) in [5.41, 5.74) is 2.14. The maximum atomic E-state index is 9.13. The number of rotatable bonds is 6. The van der Waals surface area contributed by atoms with Crippen LogP contribution in [0.15, 0.2) is 12.3 Å². The van der Waals surface area contributed by atoms with Gasteiger partial charge in [-0.15, -0.1) is 11.6 Å². The van der Waals surface area contributed by atoms with Crippen LogP contribution in [-0.2, 0) is 4.84 Å². The summed E-state index contributed by atoms with van der Waals surface area (Å²) in [6.07, 6.45) is 7.57. The van der Waals surface area contributed by atoms with E-state index in [0.717, 1.165) is 25.7 Å². The Morgan fingerprint density at radius 1 is 1.38 bits per heavy atom. The Morgan fingerprint density at radius 3 is 2.77 bits per heavy atom. The van der Waals surface area contributed by atoms with Crippen LogP contribution in [0.1, 0.15) is 25.7 Å². The Bertz CT molecular complexity index is 175. The number of hydrogen-bond donors (Lipinski definition) is 2. The van der Waals surface area contributed by atoms with E-state index >= 15 is 0 Å². The molecule has 4 heteroatoms. The molecule has 1 heterocycles. The van der Waals surface area contributed by atoms with Crippen LogP contribution < -0.4 is 5.48 Å². The van der Waals surface area contributed by atoms with Crippen molar-refractivity contribution in [3.63, 3.8) is 0 Å². The van der Waals surface area contributed by atoms with Gasteiger partial charge in [-0.25, -0.2) is 0 Å². The second-order valence-electron chi connectivity index (χ2n) is 3.28. The van der Waals surface area contributed by atoms with Gasteiger partial charge in [0.05, 0.1) is 6.61 Å². The highest BCUT2D eigenvalue weighted by Crippen LogP contribution is 2.23. The molecule has 0 saturated heterocycles. The Balaban J connectivity index is 2.20. The largest absolute Gasteiger partial charge is 0.393 e. The smallest absolute Gasteiger partial charge is 0.139 e. The molecule has 0 saturated carbocycles. The lowest BCUT2D eigenvalue weighted by atomic mass is 9.97. The van der Waals surface area contributed by atoms with Crippen LogP contribution in [0.5, 0.6) is 0 Å². The van der Waals surface area contributed by atoms with Crippen LogP contribution >= 0.6 is 11.6 Å². The SMILES string of the molecule is OCC1(CCCCCCl)C=CNO1. The molecule has 0 fully saturated rings. The van der Waals surface area contributed by atoms with Gasteiger partial charge in [-0.3, -0.25) is 10.3 Å². The fraction of sp³-hybridized carbons (Fsp3) is 0.778. The standard InChI is InChI=1S/C9H16ClNO2/c10-6-3-1-2-4-9(8-12)5-7-11-13-9/h5,7,11-12H,1-4,6,8H2. The van der Waals surface area contributed by atoms with E-state index in [1.807, 2.05) is 6.08 Å². The third-order valence-electron chi connectivity index (χ3n) is 2.22. The van der Waals surface area contributed by atoms with Crippen molar-refractivity contribution in [2.75, 3.05) is 12.5 Å². The molecule has 0 bridgehead atoms. The maximum absolute atomic E-state index is 9.13. The van der Waals surface area contributed by atoms with Crippen LogP contribution in [0.25, 0.3) is 0 Å². The number of hydroxylamine groups is 1. The highest BCUT2D eigenvalue weighted by molar-refractivity contribution is 6.17. The van der Waals surface area contributed by atoms with E-state index in [1.54, 1.807) is 6.20 Å². The molecule has 76 valence electrons. The zero-order valence-corrected chi connectivity index (χ0v) is 8.39. The average Bonchev–Trinajstić information content (AvgIpc) is 2.62. The molecule has 0 aliphatic carbocycles. The number of aliphatic hydroxyl groups is 1. The van der Waals surface area contributed by atoms with E-state index in [-0.39, 0.29) is 6.61 Å². The molecule has 1 aliphatic heterocycles. The molecule has 0 spiro atoms. The molecule has 0 amide bonds. The van der Waals surface area contributed by atoms with Crippen molar-refractivity contribution < 1.29 is 9.94 Å². The first-order valence-electron chi connectivity index (χ1n) is 4.61. The molecule has 0 aromatic rings. The molecular formula is C9H16ClNO2. The van der Waals surface area contributed by atoms with E-state index in [9.17, 15) is 0 Å². The topological polar surface area (TPSA) is 41.5 Å². The van der Waals surface area contributed by atoms with Crippen molar-refractivity contribution in [1.82, 2.24) is 5.48 Å². The molecule has 1 aliphatic rings. The molecule has 0 aromatic heterocycles. The number of alkyl halides is 1. The summed E-state index contributed by atoms with van der Waals surface area (Å²) in [6.45, 7) is 0.0252. The minimum absolute atomic E-state index is 0.0252. The first kappa shape index (κ1) is 10.8. The molecule has 2 N–H and O–H groups in total. The van der Waals surface area contributed by atoms with E-state index in [1.165, 1.54) is 0 Å². The summed E-state index contributed by atoms with van der Waals surface area (Å²) in [4.78, 5) is 5.23. The number of aliphatic hydroxyl groups excluding tert-OH is 1. The molecule has 3 nitrogen and oxygen atoms in total. The molecule has 1 rings (SSSR count). The fourth-order valence-corrected chi connectivity index (χ4v) is 1.55. The lowest BCUT2D eigenvalue weighted by Crippen LogP contribution is -2.33. The zero-order valence-electron chi connectivity index (χ0n) is 7.63. The van der Waals surface area contributed by atoms with E-state index < -0.39 is 5.60 Å². The minimum atomic E-state index is -0.494. The Kier molecular flexibility index (Phi) is 4.56. The van der Waals surface area contributed by atoms with E-state index in [0.29, 0.717) is 5.88 Å². The first-order valence-corrected chi connectivity index (χ1v) is 5.14. The zero-order chi connectivity index (χ0) is 9.57. The van der Waals surface area contributed by atoms with Crippen molar-refractivity contribution in [3.8, 4) is 0 Å². The van der Waals surface area contributed by atoms with E-state index in [2.05, 4.69) is 5.48 Å². The predicted octanol–water partition coefficient (Wildman–Crippen LogP) is 1.57. The summed E-state index contributed by atoms with van der Waals surface area (Å²) in [6, 6.07) is 0. The van der Waals surface area contributed by atoms with Gasteiger partial charge in [-0.1, -0.05) is 12.8 Å². The summed E-state index contributed by atoms with van der Waals surface area (Å²) < 4.78 is 0. The van der Waals surface area contributed by atoms with Gasteiger partial charge in [0.15, 0.2) is 0 Å². The second-order valence-corrected chi connectivity index (χ2v) is 3.65. The van der Waals surface area contributed by atoms with Gasteiger partial charge in [0.1, 0.15) is 5.60 Å². The van der Waals surface area contributed by atoms with Crippen LogP contribution in [0.3, 0.4) is 0 Å². The summed E-state index contributed by atoms with van der Waals surface area (Å²) in [7, 11) is 0. The number of nitrogens with one attached hydrogen (secondary N) is 1. The Labute approximate surface area is 83.7 Å². The van der Waals surface area contributed by atoms with Gasteiger partial charge in [0.25, 0.3) is 0 Å². The average molecular weight is 206 g/mol. The molecule has 0 aromatic carbocycles. The van der Waals surface area contributed by atoms with Crippen molar-refractivity contribution in [3.05, 3.63) is 12.3 Å². The van der Waals surface area contributed by atoms with Gasteiger partial charge >= 0.3 is 0 Å². The highest BCUT2D eigenvalue weighted by Gasteiger charge is 2.30. The molecular weight excluding hydrogens is 190 g/mol. The van der Waals surface area contributed by atoms with Gasteiger partial charge in [-0.2, -0.15) is 0 Å². The third-order valence-corrected chi connectivity index (χ3v) is 2.49. The predicted molar refractivity (Wildman–Crippen MR) is 52.4 cm³/mol. The number of halogens is 1. The van der Waals surface area contributed by atoms with Crippen molar-refractivity contribution >= 4 is 11.6 Å². The van der Waals surface area contributed by atoms with Crippen molar-refractivity contribution in [2.24, 2.45) is 0 Å². The van der Waals surface area contributed by atoms with Crippen molar-refractivity contribution in [1.29, 1.82) is 0 Å². The molecule has 1 unspecified atom stereocenters. The number of unbranched alkanes of at least 4 members (excludes halogenated alkanes) is 2. The number of hydrogen-bond acceptors (Lipinski definition) is 3. The third kappa shape index (κ3) is 3.18. The minimum Gasteiger partial charge on any atom is -0.393 e. The van der Waals surface area contributed by atoms with Gasteiger partial charge < -0.3 is 5.11 Å². The highest BCUT2D eigenvalue weighted by atomic mass is 35.5. The quantitative estimate of drug-likeness (QED) is 0.511. The second kappa shape index (κ2) is 5.47. The van der Waals surface area contributed by atoms with Gasteiger partial charge in [0, 0.05) is 12.1 Å². The lowest BCUT2D eigenvalue weighted by molar-refractivity contribution is -0.0732. The van der Waals surface area contributed by atoms with Crippen LogP contribution in [0.4, 0.5) is 0 Å².